The molecule has 4 nitrogen and oxygen atoms in total. The topological polar surface area (TPSA) is 38.4 Å². The summed E-state index contributed by atoms with van der Waals surface area (Å²) in [6.07, 6.45) is 2.20. The molecule has 0 saturated carbocycles. The van der Waals surface area contributed by atoms with Crippen LogP contribution in [0.5, 0.6) is 0 Å². The van der Waals surface area contributed by atoms with Crippen LogP contribution in [0.1, 0.15) is 36.0 Å². The number of hydrogen-bond acceptors (Lipinski definition) is 2. The van der Waals surface area contributed by atoms with Gasteiger partial charge >= 0.3 is 0 Å². The first-order valence-electron chi connectivity index (χ1n) is 7.09. The Morgan fingerprint density at radius 1 is 1.35 bits per heavy atom. The smallest absolute Gasteiger partial charge is 0.270 e. The normalized spacial score (nSPS) is 15.2. The summed E-state index contributed by atoms with van der Waals surface area (Å²) in [5.74, 6) is 0.971. The van der Waals surface area contributed by atoms with Gasteiger partial charge < -0.3 is 13.9 Å². The monoisotopic (exact) mass is 272 g/mol. The van der Waals surface area contributed by atoms with Gasteiger partial charge in [0.1, 0.15) is 11.5 Å². The van der Waals surface area contributed by atoms with Crippen LogP contribution in [0.4, 0.5) is 0 Å². The molecular weight excluding hydrogens is 252 g/mol. The maximum atomic E-state index is 12.6. The van der Waals surface area contributed by atoms with E-state index >= 15 is 0 Å². The lowest BCUT2D eigenvalue weighted by atomic mass is 10.3. The summed E-state index contributed by atoms with van der Waals surface area (Å²) < 4.78 is 7.68. The van der Waals surface area contributed by atoms with E-state index in [0.29, 0.717) is 12.2 Å². The molecule has 0 aliphatic carbocycles. The predicted molar refractivity (Wildman–Crippen MR) is 78.9 cm³/mol. The van der Waals surface area contributed by atoms with Gasteiger partial charge in [0.25, 0.3) is 5.91 Å². The van der Waals surface area contributed by atoms with Crippen LogP contribution in [0.3, 0.4) is 0 Å². The van der Waals surface area contributed by atoms with Crippen molar-refractivity contribution in [2.75, 3.05) is 13.1 Å². The number of carbonyl (C=O) groups excluding carboxylic acids is 1. The first-order valence-corrected chi connectivity index (χ1v) is 7.09. The Morgan fingerprint density at radius 3 is 2.70 bits per heavy atom. The van der Waals surface area contributed by atoms with Crippen molar-refractivity contribution in [3.63, 3.8) is 0 Å². The molecule has 3 rings (SSSR count). The third kappa shape index (κ3) is 2.15. The molecule has 2 aromatic rings. The molecule has 0 aromatic carbocycles. The molecule has 0 bridgehead atoms. The number of rotatable bonds is 3. The average molecular weight is 272 g/mol. The molecule has 0 N–H and O–H groups in total. The number of hydrogen-bond donors (Lipinski definition) is 0. The zero-order valence-electron chi connectivity index (χ0n) is 12.1. The van der Waals surface area contributed by atoms with Gasteiger partial charge in [-0.1, -0.05) is 12.2 Å². The van der Waals surface area contributed by atoms with Crippen molar-refractivity contribution in [2.45, 2.75) is 33.2 Å². The van der Waals surface area contributed by atoms with E-state index in [0.717, 1.165) is 48.4 Å². The largest absolute Gasteiger partial charge is 0.460 e. The molecular formula is C16H20N2O2. The fourth-order valence-electron chi connectivity index (χ4n) is 2.86. The summed E-state index contributed by atoms with van der Waals surface area (Å²) in [6.45, 7) is 10.2. The maximum Gasteiger partial charge on any atom is 0.270 e. The predicted octanol–water partition coefficient (Wildman–Crippen LogP) is 3.35. The molecule has 1 fully saturated rings. The average Bonchev–Trinajstić information content (AvgIpc) is 3.05. The molecule has 0 spiro atoms. The molecule has 20 heavy (non-hydrogen) atoms. The van der Waals surface area contributed by atoms with Crippen LogP contribution < -0.4 is 0 Å². The molecule has 106 valence electrons. The van der Waals surface area contributed by atoms with Crippen molar-refractivity contribution in [1.82, 2.24) is 9.47 Å². The standard InChI is InChI=1S/C16H20N2O2/c1-11(2)10-18-13-8-12(3)20-15(13)9-14(18)16(19)17-6-4-5-7-17/h8-9H,1,4-7,10H2,2-3H3. The van der Waals surface area contributed by atoms with Crippen molar-refractivity contribution in [1.29, 1.82) is 0 Å². The van der Waals surface area contributed by atoms with E-state index in [-0.39, 0.29) is 5.91 Å². The highest BCUT2D eigenvalue weighted by molar-refractivity contribution is 5.97. The third-order valence-electron chi connectivity index (χ3n) is 3.75. The second kappa shape index (κ2) is 4.85. The lowest BCUT2D eigenvalue weighted by Gasteiger charge is -2.17. The second-order valence-electron chi connectivity index (χ2n) is 5.68. The number of likely N-dealkylation sites (tertiary alicyclic amines) is 1. The minimum atomic E-state index is 0.104. The van der Waals surface area contributed by atoms with Crippen molar-refractivity contribution in [3.8, 4) is 0 Å². The Kier molecular flexibility index (Phi) is 3.16. The van der Waals surface area contributed by atoms with Gasteiger partial charge in [-0.05, 0) is 26.7 Å². The molecule has 1 aliphatic rings. The summed E-state index contributed by atoms with van der Waals surface area (Å²) in [5.41, 5.74) is 3.50. The van der Waals surface area contributed by atoms with Gasteiger partial charge in [0.05, 0.1) is 5.52 Å². The Bertz CT molecular complexity index is 672. The van der Waals surface area contributed by atoms with Gasteiger partial charge in [0.15, 0.2) is 5.58 Å². The van der Waals surface area contributed by atoms with Crippen molar-refractivity contribution < 1.29 is 9.21 Å². The van der Waals surface area contributed by atoms with E-state index in [9.17, 15) is 4.79 Å². The molecule has 1 saturated heterocycles. The van der Waals surface area contributed by atoms with Crippen molar-refractivity contribution in [2.24, 2.45) is 0 Å². The highest BCUT2D eigenvalue weighted by Crippen LogP contribution is 2.26. The Hall–Kier alpha value is -1.97. The number of fused-ring (bicyclic) bond motifs is 1. The molecule has 0 radical (unpaired) electrons. The van der Waals surface area contributed by atoms with Crippen LogP contribution in [-0.2, 0) is 6.54 Å². The summed E-state index contributed by atoms with van der Waals surface area (Å²) in [4.78, 5) is 14.6. The molecule has 1 aliphatic heterocycles. The summed E-state index contributed by atoms with van der Waals surface area (Å²) >= 11 is 0. The summed E-state index contributed by atoms with van der Waals surface area (Å²) in [6, 6.07) is 3.85. The number of nitrogens with zero attached hydrogens (tertiary/aromatic N) is 2. The Balaban J connectivity index is 2.06. The zero-order valence-corrected chi connectivity index (χ0v) is 12.1. The van der Waals surface area contributed by atoms with E-state index in [2.05, 4.69) is 6.58 Å². The molecule has 0 unspecified atom stereocenters. The third-order valence-corrected chi connectivity index (χ3v) is 3.75. The molecule has 0 atom stereocenters. The van der Waals surface area contributed by atoms with Crippen LogP contribution in [-0.4, -0.2) is 28.5 Å². The highest BCUT2D eigenvalue weighted by atomic mass is 16.3. The second-order valence-corrected chi connectivity index (χ2v) is 5.68. The number of carbonyl (C=O) groups is 1. The number of aryl methyl sites for hydroxylation is 1. The molecule has 2 aromatic heterocycles. The van der Waals surface area contributed by atoms with Gasteiger partial charge in [-0.15, -0.1) is 0 Å². The van der Waals surface area contributed by atoms with Crippen LogP contribution in [0.15, 0.2) is 28.7 Å². The fourth-order valence-corrected chi connectivity index (χ4v) is 2.86. The summed E-state index contributed by atoms with van der Waals surface area (Å²) in [7, 11) is 0. The van der Waals surface area contributed by atoms with Gasteiger partial charge in [0, 0.05) is 31.8 Å². The highest BCUT2D eigenvalue weighted by Gasteiger charge is 2.24. The molecule has 1 amide bonds. The van der Waals surface area contributed by atoms with E-state index in [1.807, 2.05) is 35.4 Å². The number of furan rings is 1. The van der Waals surface area contributed by atoms with E-state index in [1.165, 1.54) is 0 Å². The van der Waals surface area contributed by atoms with E-state index in [4.69, 9.17) is 4.42 Å². The van der Waals surface area contributed by atoms with Gasteiger partial charge in [-0.25, -0.2) is 0 Å². The van der Waals surface area contributed by atoms with Crippen LogP contribution >= 0.6 is 0 Å². The van der Waals surface area contributed by atoms with Crippen molar-refractivity contribution >= 4 is 17.0 Å². The first-order chi connectivity index (χ1) is 9.56. The summed E-state index contributed by atoms with van der Waals surface area (Å²) in [5, 5.41) is 0. The van der Waals surface area contributed by atoms with Gasteiger partial charge in [-0.2, -0.15) is 0 Å². The fraction of sp³-hybridized carbons (Fsp3) is 0.438. The SMILES string of the molecule is C=C(C)Cn1c(C(=O)N2CCCC2)cc2oc(C)cc21. The maximum absolute atomic E-state index is 12.6. The lowest BCUT2D eigenvalue weighted by molar-refractivity contribution is 0.0783. The van der Waals surface area contributed by atoms with Crippen LogP contribution in [0.25, 0.3) is 11.1 Å². The van der Waals surface area contributed by atoms with E-state index < -0.39 is 0 Å². The van der Waals surface area contributed by atoms with Crippen LogP contribution in [0.2, 0.25) is 0 Å². The number of allylic oxidation sites excluding steroid dienone is 1. The van der Waals surface area contributed by atoms with E-state index in [1.54, 1.807) is 0 Å². The zero-order chi connectivity index (χ0) is 14.3. The lowest BCUT2D eigenvalue weighted by Crippen LogP contribution is -2.29. The number of amides is 1. The van der Waals surface area contributed by atoms with Gasteiger partial charge in [0.2, 0.25) is 0 Å². The quantitative estimate of drug-likeness (QED) is 0.804. The minimum Gasteiger partial charge on any atom is -0.460 e. The number of aromatic nitrogens is 1. The Morgan fingerprint density at radius 2 is 2.05 bits per heavy atom. The molecule has 3 heterocycles. The van der Waals surface area contributed by atoms with Gasteiger partial charge in [-0.3, -0.25) is 4.79 Å². The molecule has 4 heteroatoms. The van der Waals surface area contributed by atoms with Crippen molar-refractivity contribution in [3.05, 3.63) is 35.7 Å². The minimum absolute atomic E-state index is 0.104. The van der Waals surface area contributed by atoms with Crippen LogP contribution in [0, 0.1) is 6.92 Å². The first kappa shape index (κ1) is 13.0. The Labute approximate surface area is 118 Å².